The SMILES string of the molecule is C=C(C)CNC(=O)N[C@H](c1noc(C)n1)c1ccccc1F. The molecule has 1 aromatic heterocycles. The van der Waals surface area contributed by atoms with Crippen LogP contribution in [-0.2, 0) is 0 Å². The summed E-state index contributed by atoms with van der Waals surface area (Å²) in [4.78, 5) is 16.0. The number of carbonyl (C=O) groups is 1. The third-order valence-corrected chi connectivity index (χ3v) is 2.84. The first-order valence-electron chi connectivity index (χ1n) is 6.70. The quantitative estimate of drug-likeness (QED) is 0.832. The zero-order chi connectivity index (χ0) is 16.1. The van der Waals surface area contributed by atoms with Crippen molar-refractivity contribution < 1.29 is 13.7 Å². The maximum absolute atomic E-state index is 14.0. The Hall–Kier alpha value is -2.70. The second kappa shape index (κ2) is 6.84. The summed E-state index contributed by atoms with van der Waals surface area (Å²) in [5.74, 6) is 0.0590. The summed E-state index contributed by atoms with van der Waals surface area (Å²) in [6.07, 6.45) is 0. The van der Waals surface area contributed by atoms with E-state index < -0.39 is 17.9 Å². The molecule has 0 unspecified atom stereocenters. The molecule has 1 aromatic carbocycles. The highest BCUT2D eigenvalue weighted by Gasteiger charge is 2.24. The average molecular weight is 304 g/mol. The lowest BCUT2D eigenvalue weighted by atomic mass is 10.1. The van der Waals surface area contributed by atoms with Crippen LogP contribution < -0.4 is 10.6 Å². The molecule has 0 bridgehead atoms. The number of aryl methyl sites for hydroxylation is 1. The van der Waals surface area contributed by atoms with Gasteiger partial charge in [0, 0.05) is 19.0 Å². The van der Waals surface area contributed by atoms with Gasteiger partial charge in [0.2, 0.25) is 5.89 Å². The van der Waals surface area contributed by atoms with E-state index in [-0.39, 0.29) is 11.4 Å². The fourth-order valence-electron chi connectivity index (χ4n) is 1.84. The van der Waals surface area contributed by atoms with Crippen molar-refractivity contribution in [1.29, 1.82) is 0 Å². The molecule has 0 radical (unpaired) electrons. The van der Waals surface area contributed by atoms with Gasteiger partial charge in [0.1, 0.15) is 11.9 Å². The molecule has 0 fully saturated rings. The van der Waals surface area contributed by atoms with Crippen molar-refractivity contribution in [3.63, 3.8) is 0 Å². The number of carbonyl (C=O) groups excluding carboxylic acids is 1. The lowest BCUT2D eigenvalue weighted by molar-refractivity contribution is 0.238. The van der Waals surface area contributed by atoms with Gasteiger partial charge < -0.3 is 15.2 Å². The number of rotatable bonds is 5. The van der Waals surface area contributed by atoms with Gasteiger partial charge in [0.05, 0.1) is 0 Å². The molecule has 0 saturated carbocycles. The van der Waals surface area contributed by atoms with Crippen LogP contribution in [0, 0.1) is 12.7 Å². The predicted octanol–water partition coefficient (Wildman–Crippen LogP) is 2.48. The maximum atomic E-state index is 14.0. The zero-order valence-electron chi connectivity index (χ0n) is 12.4. The first-order chi connectivity index (χ1) is 10.5. The Morgan fingerprint density at radius 3 is 2.77 bits per heavy atom. The monoisotopic (exact) mass is 304 g/mol. The minimum absolute atomic E-state index is 0.188. The Kier molecular flexibility index (Phi) is 4.88. The predicted molar refractivity (Wildman–Crippen MR) is 78.6 cm³/mol. The number of hydrogen-bond donors (Lipinski definition) is 2. The van der Waals surface area contributed by atoms with Gasteiger partial charge in [0.15, 0.2) is 5.82 Å². The van der Waals surface area contributed by atoms with Gasteiger partial charge in [-0.3, -0.25) is 0 Å². The molecule has 7 heteroatoms. The third-order valence-electron chi connectivity index (χ3n) is 2.84. The van der Waals surface area contributed by atoms with Crippen LogP contribution >= 0.6 is 0 Å². The fourth-order valence-corrected chi connectivity index (χ4v) is 1.84. The van der Waals surface area contributed by atoms with Crippen LogP contribution in [-0.4, -0.2) is 22.7 Å². The number of aromatic nitrogens is 2. The minimum Gasteiger partial charge on any atom is -0.340 e. The van der Waals surface area contributed by atoms with Gasteiger partial charge in [-0.05, 0) is 13.0 Å². The van der Waals surface area contributed by atoms with E-state index in [1.165, 1.54) is 6.07 Å². The molecule has 0 aliphatic rings. The Balaban J connectivity index is 2.25. The number of urea groups is 1. The van der Waals surface area contributed by atoms with E-state index >= 15 is 0 Å². The van der Waals surface area contributed by atoms with Crippen molar-refractivity contribution in [2.75, 3.05) is 6.54 Å². The van der Waals surface area contributed by atoms with Crippen LogP contribution in [0.4, 0.5) is 9.18 Å². The van der Waals surface area contributed by atoms with Gasteiger partial charge in [-0.25, -0.2) is 9.18 Å². The zero-order valence-corrected chi connectivity index (χ0v) is 12.4. The summed E-state index contributed by atoms with van der Waals surface area (Å²) in [6.45, 7) is 7.43. The Morgan fingerprint density at radius 2 is 2.18 bits per heavy atom. The number of hydrogen-bond acceptors (Lipinski definition) is 4. The number of benzene rings is 1. The fraction of sp³-hybridized carbons (Fsp3) is 0.267. The Morgan fingerprint density at radius 1 is 1.45 bits per heavy atom. The number of nitrogens with one attached hydrogen (secondary N) is 2. The van der Waals surface area contributed by atoms with Gasteiger partial charge in [-0.2, -0.15) is 4.98 Å². The van der Waals surface area contributed by atoms with E-state index in [0.717, 1.165) is 5.57 Å². The molecule has 1 heterocycles. The van der Waals surface area contributed by atoms with E-state index in [9.17, 15) is 9.18 Å². The molecule has 22 heavy (non-hydrogen) atoms. The van der Waals surface area contributed by atoms with Crippen molar-refractivity contribution in [3.8, 4) is 0 Å². The first-order valence-corrected chi connectivity index (χ1v) is 6.70. The second-order valence-corrected chi connectivity index (χ2v) is 4.91. The molecule has 2 rings (SSSR count). The van der Waals surface area contributed by atoms with Crippen molar-refractivity contribution in [2.24, 2.45) is 0 Å². The van der Waals surface area contributed by atoms with Crippen molar-refractivity contribution in [2.45, 2.75) is 19.9 Å². The van der Waals surface area contributed by atoms with Crippen LogP contribution in [0.3, 0.4) is 0 Å². The summed E-state index contributed by atoms with van der Waals surface area (Å²) in [7, 11) is 0. The molecule has 0 aliphatic heterocycles. The molecular formula is C15H17FN4O2. The number of halogens is 1. The summed E-state index contributed by atoms with van der Waals surface area (Å²) in [5, 5.41) is 9.03. The van der Waals surface area contributed by atoms with Crippen molar-refractivity contribution in [1.82, 2.24) is 20.8 Å². The average Bonchev–Trinajstić information content (AvgIpc) is 2.90. The van der Waals surface area contributed by atoms with Gasteiger partial charge in [-0.1, -0.05) is 35.5 Å². The third kappa shape index (κ3) is 3.91. The normalized spacial score (nSPS) is 11.8. The molecule has 0 saturated heterocycles. The molecule has 2 amide bonds. The number of nitrogens with zero attached hydrogens (tertiary/aromatic N) is 2. The largest absolute Gasteiger partial charge is 0.340 e. The number of amides is 2. The molecule has 0 aliphatic carbocycles. The highest BCUT2D eigenvalue weighted by molar-refractivity contribution is 5.75. The topological polar surface area (TPSA) is 80.0 Å². The maximum Gasteiger partial charge on any atom is 0.315 e. The molecule has 2 N–H and O–H groups in total. The summed E-state index contributed by atoms with van der Waals surface area (Å²) < 4.78 is 18.9. The van der Waals surface area contributed by atoms with Crippen LogP contribution in [0.25, 0.3) is 0 Å². The molecular weight excluding hydrogens is 287 g/mol. The smallest absolute Gasteiger partial charge is 0.315 e. The lowest BCUT2D eigenvalue weighted by Crippen LogP contribution is -2.39. The van der Waals surface area contributed by atoms with Crippen molar-refractivity contribution >= 4 is 6.03 Å². The van der Waals surface area contributed by atoms with E-state index in [4.69, 9.17) is 4.52 Å². The standard InChI is InChI=1S/C15H17FN4O2/c1-9(2)8-17-15(21)19-13(14-18-10(3)22-20-14)11-6-4-5-7-12(11)16/h4-7,13H,1,8H2,2-3H3,(H2,17,19,21)/t13-/m0/s1. The van der Waals surface area contributed by atoms with Gasteiger partial charge in [0.25, 0.3) is 0 Å². The van der Waals surface area contributed by atoms with Crippen LogP contribution in [0.5, 0.6) is 0 Å². The van der Waals surface area contributed by atoms with Crippen LogP contribution in [0.1, 0.15) is 30.2 Å². The van der Waals surface area contributed by atoms with Gasteiger partial charge >= 0.3 is 6.03 Å². The second-order valence-electron chi connectivity index (χ2n) is 4.91. The molecule has 116 valence electrons. The molecule has 6 nitrogen and oxygen atoms in total. The molecule has 1 atom stereocenters. The van der Waals surface area contributed by atoms with E-state index in [0.29, 0.717) is 12.4 Å². The molecule has 2 aromatic rings. The Bertz CT molecular complexity index is 684. The first kappa shape index (κ1) is 15.7. The van der Waals surface area contributed by atoms with Crippen molar-refractivity contribution in [3.05, 3.63) is 59.5 Å². The highest BCUT2D eigenvalue weighted by Crippen LogP contribution is 2.22. The van der Waals surface area contributed by atoms with Crippen LogP contribution in [0.2, 0.25) is 0 Å². The Labute approximate surface area is 127 Å². The lowest BCUT2D eigenvalue weighted by Gasteiger charge is -2.17. The van der Waals surface area contributed by atoms with Gasteiger partial charge in [-0.15, -0.1) is 0 Å². The highest BCUT2D eigenvalue weighted by atomic mass is 19.1. The van der Waals surface area contributed by atoms with Crippen LogP contribution in [0.15, 0.2) is 40.9 Å². The van der Waals surface area contributed by atoms with E-state index in [1.54, 1.807) is 32.0 Å². The summed E-state index contributed by atoms with van der Waals surface area (Å²) in [6, 6.07) is 4.79. The molecule has 0 spiro atoms. The summed E-state index contributed by atoms with van der Waals surface area (Å²) in [5.41, 5.74) is 1.06. The van der Waals surface area contributed by atoms with E-state index in [1.807, 2.05) is 0 Å². The van der Waals surface area contributed by atoms with E-state index in [2.05, 4.69) is 27.4 Å². The summed E-state index contributed by atoms with van der Waals surface area (Å²) >= 11 is 0. The minimum atomic E-state index is -0.844.